The van der Waals surface area contributed by atoms with Gasteiger partial charge in [0.15, 0.2) is 0 Å². The number of aliphatic carboxylic acids is 1. The van der Waals surface area contributed by atoms with Crippen molar-refractivity contribution in [2.75, 3.05) is 0 Å². The molecule has 1 aliphatic heterocycles. The molecular weight excluding hydrogens is 478 g/mol. The first kappa shape index (κ1) is 26.2. The van der Waals surface area contributed by atoms with Gasteiger partial charge >= 0.3 is 11.9 Å². The number of carbonyl (C=O) groups excluding carboxylic acids is 1. The maximum absolute atomic E-state index is 14.2. The van der Waals surface area contributed by atoms with Crippen LogP contribution in [-0.2, 0) is 19.7 Å². The van der Waals surface area contributed by atoms with Crippen LogP contribution in [-0.4, -0.2) is 29.2 Å². The Hall–Kier alpha value is -3.38. The van der Waals surface area contributed by atoms with Crippen LogP contribution in [0.15, 0.2) is 83.5 Å². The molecule has 7 atom stereocenters. The zero-order valence-electron chi connectivity index (χ0n) is 22.2. The minimum atomic E-state index is -1.02. The number of hydrogen-bond acceptors (Lipinski definition) is 5. The third-order valence-electron chi connectivity index (χ3n) is 8.80. The van der Waals surface area contributed by atoms with Crippen molar-refractivity contribution in [1.82, 2.24) is 5.32 Å². The van der Waals surface area contributed by atoms with Crippen molar-refractivity contribution < 1.29 is 23.8 Å². The van der Waals surface area contributed by atoms with E-state index in [1.54, 1.807) is 12.1 Å². The zero-order chi connectivity index (χ0) is 26.9. The standard InChI is InChI=1S/C32H37NO5/c1-20-16-17-23(32(2,3)22-13-8-5-9-14-22)25(19-20)38-31(36)27-26(24-15-10-18-37-24)29(30(34)35)33-28(27)21-11-6-4-7-12-21/h4-15,18,20,23,25-29,33H,16-17,19H2,1-3H3,(H,34,35)/t20-,23-,25-,26-,27-,28+,29+/m1/s1. The van der Waals surface area contributed by atoms with Crippen molar-refractivity contribution in [3.05, 3.63) is 95.9 Å². The van der Waals surface area contributed by atoms with Crippen LogP contribution in [0.3, 0.4) is 0 Å². The lowest BCUT2D eigenvalue weighted by molar-refractivity contribution is -0.162. The number of carboxylic acid groups (broad SMARTS) is 1. The number of benzene rings is 2. The number of ether oxygens (including phenoxy) is 1. The number of furan rings is 1. The second-order valence-electron chi connectivity index (χ2n) is 11.5. The maximum Gasteiger partial charge on any atom is 0.321 e. The van der Waals surface area contributed by atoms with Crippen LogP contribution < -0.4 is 5.32 Å². The Kier molecular flexibility index (Phi) is 7.44. The third kappa shape index (κ3) is 5.02. The second-order valence-corrected chi connectivity index (χ2v) is 11.5. The van der Waals surface area contributed by atoms with Crippen LogP contribution in [0.4, 0.5) is 0 Å². The van der Waals surface area contributed by atoms with E-state index in [0.717, 1.165) is 24.8 Å². The van der Waals surface area contributed by atoms with Crippen LogP contribution in [0.5, 0.6) is 0 Å². The monoisotopic (exact) mass is 515 g/mol. The topological polar surface area (TPSA) is 88.8 Å². The van der Waals surface area contributed by atoms with E-state index in [0.29, 0.717) is 11.7 Å². The van der Waals surface area contributed by atoms with Gasteiger partial charge < -0.3 is 14.3 Å². The quantitative estimate of drug-likeness (QED) is 0.370. The van der Waals surface area contributed by atoms with E-state index in [-0.39, 0.29) is 23.4 Å². The zero-order valence-corrected chi connectivity index (χ0v) is 22.2. The molecule has 3 aromatic rings. The van der Waals surface area contributed by atoms with Gasteiger partial charge in [-0.05, 0) is 47.4 Å². The van der Waals surface area contributed by atoms with E-state index in [1.165, 1.54) is 11.8 Å². The van der Waals surface area contributed by atoms with Gasteiger partial charge in [0.05, 0.1) is 18.1 Å². The minimum Gasteiger partial charge on any atom is -0.480 e. The van der Waals surface area contributed by atoms with E-state index < -0.39 is 29.9 Å². The van der Waals surface area contributed by atoms with Crippen molar-refractivity contribution in [3.63, 3.8) is 0 Å². The molecule has 2 N–H and O–H groups in total. The second kappa shape index (κ2) is 10.8. The number of nitrogens with one attached hydrogen (secondary N) is 1. The first-order valence-electron chi connectivity index (χ1n) is 13.6. The molecule has 1 aliphatic carbocycles. The number of hydrogen-bond donors (Lipinski definition) is 2. The number of esters is 1. The Morgan fingerprint density at radius 2 is 1.66 bits per heavy atom. The lowest BCUT2D eigenvalue weighted by Gasteiger charge is -2.44. The average molecular weight is 516 g/mol. The smallest absolute Gasteiger partial charge is 0.321 e. The van der Waals surface area contributed by atoms with Crippen LogP contribution >= 0.6 is 0 Å². The molecule has 0 bridgehead atoms. The summed E-state index contributed by atoms with van der Waals surface area (Å²) in [5.41, 5.74) is 1.89. The Bertz CT molecular complexity index is 1220. The molecular formula is C32H37NO5. The number of carbonyl (C=O) groups is 2. The van der Waals surface area contributed by atoms with Gasteiger partial charge in [-0.25, -0.2) is 0 Å². The van der Waals surface area contributed by atoms with Gasteiger partial charge in [0, 0.05) is 12.0 Å². The molecule has 2 fully saturated rings. The minimum absolute atomic E-state index is 0.145. The highest BCUT2D eigenvalue weighted by Crippen LogP contribution is 2.47. The molecule has 38 heavy (non-hydrogen) atoms. The SMILES string of the molecule is C[C@@H]1CC[C@@H](C(C)(C)c2ccccc2)[C@H](OC(=O)[C@@H]2[C@@H](c3ccco3)[C@@H](C(=O)O)N[C@H]2c2ccccc2)C1. The van der Waals surface area contributed by atoms with Crippen LogP contribution in [0.25, 0.3) is 0 Å². The highest BCUT2D eigenvalue weighted by molar-refractivity contribution is 5.82. The molecule has 1 aromatic heterocycles. The van der Waals surface area contributed by atoms with Gasteiger partial charge in [-0.15, -0.1) is 0 Å². The summed E-state index contributed by atoms with van der Waals surface area (Å²) in [5, 5.41) is 13.4. The van der Waals surface area contributed by atoms with Crippen molar-refractivity contribution in [3.8, 4) is 0 Å². The van der Waals surface area contributed by atoms with Crippen LogP contribution in [0, 0.1) is 17.8 Å². The Morgan fingerprint density at radius 3 is 2.29 bits per heavy atom. The molecule has 2 aromatic carbocycles. The van der Waals surface area contributed by atoms with Gasteiger partial charge in [-0.2, -0.15) is 0 Å². The average Bonchev–Trinajstić information content (AvgIpc) is 3.58. The Balaban J connectivity index is 1.49. The molecule has 2 aliphatic rings. The van der Waals surface area contributed by atoms with E-state index >= 15 is 0 Å². The Labute approximate surface area is 224 Å². The molecule has 0 unspecified atom stereocenters. The summed E-state index contributed by atoms with van der Waals surface area (Å²) in [4.78, 5) is 26.6. The summed E-state index contributed by atoms with van der Waals surface area (Å²) in [6.45, 7) is 6.68. The highest BCUT2D eigenvalue weighted by Gasteiger charge is 2.54. The van der Waals surface area contributed by atoms with Crippen molar-refractivity contribution in [2.24, 2.45) is 17.8 Å². The van der Waals surface area contributed by atoms with E-state index in [4.69, 9.17) is 9.15 Å². The molecule has 5 rings (SSSR count). The molecule has 1 saturated carbocycles. The number of rotatable bonds is 7. The molecule has 0 amide bonds. The molecule has 1 saturated heterocycles. The van der Waals surface area contributed by atoms with E-state index in [2.05, 4.69) is 50.4 Å². The summed E-state index contributed by atoms with van der Waals surface area (Å²) >= 11 is 0. The lowest BCUT2D eigenvalue weighted by Crippen LogP contribution is -2.44. The van der Waals surface area contributed by atoms with Crippen molar-refractivity contribution in [1.29, 1.82) is 0 Å². The van der Waals surface area contributed by atoms with E-state index in [9.17, 15) is 14.7 Å². The third-order valence-corrected chi connectivity index (χ3v) is 8.80. The summed E-state index contributed by atoms with van der Waals surface area (Å²) in [7, 11) is 0. The van der Waals surface area contributed by atoms with Gasteiger partial charge in [-0.3, -0.25) is 14.9 Å². The predicted octanol–water partition coefficient (Wildman–Crippen LogP) is 6.10. The summed E-state index contributed by atoms with van der Waals surface area (Å²) < 4.78 is 12.2. The highest BCUT2D eigenvalue weighted by atomic mass is 16.5. The van der Waals surface area contributed by atoms with Gasteiger partial charge in [-0.1, -0.05) is 87.9 Å². The molecule has 6 nitrogen and oxygen atoms in total. The summed E-state index contributed by atoms with van der Waals surface area (Å²) in [5.74, 6) is -1.77. The number of carboxylic acids is 1. The van der Waals surface area contributed by atoms with Gasteiger partial charge in [0.25, 0.3) is 0 Å². The molecule has 6 heteroatoms. The van der Waals surface area contributed by atoms with Crippen molar-refractivity contribution >= 4 is 11.9 Å². The fraction of sp³-hybridized carbons (Fsp3) is 0.438. The van der Waals surface area contributed by atoms with Crippen molar-refractivity contribution in [2.45, 2.75) is 69.6 Å². The fourth-order valence-electron chi connectivity index (χ4n) is 6.70. The van der Waals surface area contributed by atoms with E-state index in [1.807, 2.05) is 36.4 Å². The molecule has 0 radical (unpaired) electrons. The first-order valence-corrected chi connectivity index (χ1v) is 13.6. The van der Waals surface area contributed by atoms with Crippen LogP contribution in [0.2, 0.25) is 0 Å². The van der Waals surface area contributed by atoms with Gasteiger partial charge in [0.2, 0.25) is 0 Å². The van der Waals surface area contributed by atoms with Crippen LogP contribution in [0.1, 0.15) is 68.9 Å². The largest absolute Gasteiger partial charge is 0.480 e. The summed E-state index contributed by atoms with van der Waals surface area (Å²) in [6.07, 6.45) is 4.09. The normalized spacial score (nSPS) is 29.6. The molecule has 0 spiro atoms. The lowest BCUT2D eigenvalue weighted by atomic mass is 9.64. The predicted molar refractivity (Wildman–Crippen MR) is 145 cm³/mol. The fourth-order valence-corrected chi connectivity index (χ4v) is 6.70. The summed E-state index contributed by atoms with van der Waals surface area (Å²) in [6, 6.07) is 22.0. The molecule has 2 heterocycles. The Morgan fingerprint density at radius 1 is 0.974 bits per heavy atom. The maximum atomic E-state index is 14.2. The van der Waals surface area contributed by atoms with Gasteiger partial charge in [0.1, 0.15) is 17.9 Å². The molecule has 200 valence electrons. The first-order chi connectivity index (χ1) is 18.3.